The van der Waals surface area contributed by atoms with Gasteiger partial charge in [-0.3, -0.25) is 4.79 Å². The van der Waals surface area contributed by atoms with Crippen LogP contribution in [0.5, 0.6) is 0 Å². The van der Waals surface area contributed by atoms with Gasteiger partial charge in [-0.1, -0.05) is 6.07 Å². The van der Waals surface area contributed by atoms with Crippen molar-refractivity contribution in [1.29, 1.82) is 0 Å². The first-order valence-electron chi connectivity index (χ1n) is 5.05. The smallest absolute Gasteiger partial charge is 0.234 e. The van der Waals surface area contributed by atoms with E-state index in [0.29, 0.717) is 18.0 Å². The maximum absolute atomic E-state index is 12.8. The van der Waals surface area contributed by atoms with Crippen LogP contribution in [0, 0.1) is 5.82 Å². The Morgan fingerprint density at radius 3 is 3.00 bits per heavy atom. The normalized spacial score (nSPS) is 10.1. The van der Waals surface area contributed by atoms with Crippen molar-refractivity contribution in [3.8, 4) is 0 Å². The Bertz CT molecular complexity index is 347. The molecule has 0 aromatic heterocycles. The second kappa shape index (κ2) is 7.24. The molecule has 1 aromatic carbocycles. The summed E-state index contributed by atoms with van der Waals surface area (Å²) in [4.78, 5) is 11.4. The maximum atomic E-state index is 12.8. The van der Waals surface area contributed by atoms with Gasteiger partial charge in [-0.05, 0) is 36.9 Å². The largest absolute Gasteiger partial charge is 0.330 e. The predicted molar refractivity (Wildman–Crippen MR) is 66.0 cm³/mol. The van der Waals surface area contributed by atoms with Gasteiger partial charge >= 0.3 is 0 Å². The molecule has 5 heteroatoms. The molecule has 16 heavy (non-hydrogen) atoms. The molecule has 0 saturated carbocycles. The van der Waals surface area contributed by atoms with Crippen LogP contribution in [0.3, 0.4) is 0 Å². The monoisotopic (exact) mass is 242 g/mol. The van der Waals surface area contributed by atoms with Crippen LogP contribution in [0.15, 0.2) is 24.3 Å². The van der Waals surface area contributed by atoms with Crippen LogP contribution in [0.1, 0.15) is 6.42 Å². The first-order valence-corrected chi connectivity index (χ1v) is 6.21. The molecule has 0 atom stereocenters. The first kappa shape index (κ1) is 13.0. The topological polar surface area (TPSA) is 55.1 Å². The van der Waals surface area contributed by atoms with Gasteiger partial charge in [0.2, 0.25) is 5.91 Å². The SMILES string of the molecule is NCCCSCC(=O)Nc1cccc(F)c1. The van der Waals surface area contributed by atoms with Gasteiger partial charge in [-0.15, -0.1) is 0 Å². The highest BCUT2D eigenvalue weighted by Gasteiger charge is 2.02. The number of carbonyl (C=O) groups is 1. The number of carbonyl (C=O) groups excluding carboxylic acids is 1. The van der Waals surface area contributed by atoms with E-state index < -0.39 is 0 Å². The van der Waals surface area contributed by atoms with E-state index in [4.69, 9.17) is 5.73 Å². The van der Waals surface area contributed by atoms with Gasteiger partial charge in [-0.2, -0.15) is 11.8 Å². The Labute approximate surface area is 98.6 Å². The van der Waals surface area contributed by atoms with E-state index in [1.54, 1.807) is 12.1 Å². The number of thioether (sulfide) groups is 1. The van der Waals surface area contributed by atoms with E-state index in [0.717, 1.165) is 12.2 Å². The molecule has 0 bridgehead atoms. The lowest BCUT2D eigenvalue weighted by molar-refractivity contribution is -0.113. The molecule has 0 unspecified atom stereocenters. The molecule has 3 N–H and O–H groups in total. The third-order valence-electron chi connectivity index (χ3n) is 1.83. The van der Waals surface area contributed by atoms with Gasteiger partial charge in [0.25, 0.3) is 0 Å². The molecule has 3 nitrogen and oxygen atoms in total. The minimum Gasteiger partial charge on any atom is -0.330 e. The standard InChI is InChI=1S/C11H15FN2OS/c12-9-3-1-4-10(7-9)14-11(15)8-16-6-2-5-13/h1,3-4,7H,2,5-6,8,13H2,(H,14,15). The maximum Gasteiger partial charge on any atom is 0.234 e. The van der Waals surface area contributed by atoms with Crippen molar-refractivity contribution in [2.45, 2.75) is 6.42 Å². The summed E-state index contributed by atoms with van der Waals surface area (Å²) in [5.74, 6) is 0.769. The average molecular weight is 242 g/mol. The zero-order valence-corrected chi connectivity index (χ0v) is 9.73. The second-order valence-electron chi connectivity index (χ2n) is 3.25. The Morgan fingerprint density at radius 1 is 1.50 bits per heavy atom. The van der Waals surface area contributed by atoms with Crippen molar-refractivity contribution in [2.24, 2.45) is 5.73 Å². The molecule has 0 heterocycles. The summed E-state index contributed by atoms with van der Waals surface area (Å²) in [6.07, 6.45) is 0.901. The fraction of sp³-hybridized carbons (Fsp3) is 0.364. The minimum atomic E-state index is -0.353. The molecule has 0 radical (unpaired) electrons. The Morgan fingerprint density at radius 2 is 2.31 bits per heavy atom. The Balaban J connectivity index is 2.29. The fourth-order valence-electron chi connectivity index (χ4n) is 1.11. The Kier molecular flexibility index (Phi) is 5.88. The van der Waals surface area contributed by atoms with E-state index >= 15 is 0 Å². The molecule has 0 fully saturated rings. The first-order chi connectivity index (χ1) is 7.72. The number of hydrogen-bond acceptors (Lipinski definition) is 3. The van der Waals surface area contributed by atoms with Crippen LogP contribution in [0.4, 0.5) is 10.1 Å². The van der Waals surface area contributed by atoms with E-state index in [1.165, 1.54) is 23.9 Å². The van der Waals surface area contributed by atoms with E-state index in [1.807, 2.05) is 0 Å². The molecule has 1 rings (SSSR count). The molecular formula is C11H15FN2OS. The summed E-state index contributed by atoms with van der Waals surface area (Å²) < 4.78 is 12.8. The van der Waals surface area contributed by atoms with Gasteiger partial charge < -0.3 is 11.1 Å². The van der Waals surface area contributed by atoms with Crippen molar-refractivity contribution < 1.29 is 9.18 Å². The number of rotatable bonds is 6. The quantitative estimate of drug-likeness (QED) is 0.748. The molecule has 0 aliphatic carbocycles. The molecule has 88 valence electrons. The number of halogens is 1. The molecule has 0 spiro atoms. The van der Waals surface area contributed by atoms with Gasteiger partial charge in [0, 0.05) is 5.69 Å². The third-order valence-corrected chi connectivity index (χ3v) is 2.88. The number of benzene rings is 1. The lowest BCUT2D eigenvalue weighted by Crippen LogP contribution is -2.14. The van der Waals surface area contributed by atoms with Gasteiger partial charge in [0.05, 0.1) is 5.75 Å². The predicted octanol–water partition coefficient (Wildman–Crippen LogP) is 1.85. The van der Waals surface area contributed by atoms with Crippen LogP contribution in [0.2, 0.25) is 0 Å². The summed E-state index contributed by atoms with van der Waals surface area (Å²) in [5.41, 5.74) is 5.82. The van der Waals surface area contributed by atoms with Gasteiger partial charge in [-0.25, -0.2) is 4.39 Å². The lowest BCUT2D eigenvalue weighted by atomic mass is 10.3. The van der Waals surface area contributed by atoms with Crippen molar-refractivity contribution in [3.63, 3.8) is 0 Å². The van der Waals surface area contributed by atoms with Gasteiger partial charge in [0.1, 0.15) is 5.82 Å². The average Bonchev–Trinajstić information content (AvgIpc) is 2.24. The fourth-order valence-corrected chi connectivity index (χ4v) is 1.89. The molecule has 1 aromatic rings. The number of hydrogen-bond donors (Lipinski definition) is 2. The minimum absolute atomic E-state index is 0.118. The van der Waals surface area contributed by atoms with E-state index in [-0.39, 0.29) is 11.7 Å². The second-order valence-corrected chi connectivity index (χ2v) is 4.36. The number of anilines is 1. The molecule has 1 amide bonds. The van der Waals surface area contributed by atoms with Crippen molar-refractivity contribution in [3.05, 3.63) is 30.1 Å². The van der Waals surface area contributed by atoms with Crippen LogP contribution in [-0.2, 0) is 4.79 Å². The van der Waals surface area contributed by atoms with Crippen molar-refractivity contribution in [2.75, 3.05) is 23.4 Å². The number of nitrogens with one attached hydrogen (secondary N) is 1. The number of amides is 1. The highest BCUT2D eigenvalue weighted by atomic mass is 32.2. The Hall–Kier alpha value is -1.07. The molecule has 0 saturated heterocycles. The highest BCUT2D eigenvalue weighted by molar-refractivity contribution is 7.99. The van der Waals surface area contributed by atoms with Crippen LogP contribution >= 0.6 is 11.8 Å². The van der Waals surface area contributed by atoms with Crippen molar-refractivity contribution >= 4 is 23.4 Å². The van der Waals surface area contributed by atoms with Crippen LogP contribution in [0.25, 0.3) is 0 Å². The summed E-state index contributed by atoms with van der Waals surface area (Å²) in [6.45, 7) is 0.637. The highest BCUT2D eigenvalue weighted by Crippen LogP contribution is 2.10. The van der Waals surface area contributed by atoms with Crippen LogP contribution < -0.4 is 11.1 Å². The molecular weight excluding hydrogens is 227 g/mol. The summed E-state index contributed by atoms with van der Waals surface area (Å²) in [7, 11) is 0. The lowest BCUT2D eigenvalue weighted by Gasteiger charge is -2.04. The summed E-state index contributed by atoms with van der Waals surface area (Å²) in [5, 5.41) is 2.63. The van der Waals surface area contributed by atoms with Crippen LogP contribution in [-0.4, -0.2) is 24.0 Å². The number of nitrogens with two attached hydrogens (primary N) is 1. The molecule has 0 aliphatic rings. The van der Waals surface area contributed by atoms with E-state index in [9.17, 15) is 9.18 Å². The third kappa shape index (κ3) is 5.14. The van der Waals surface area contributed by atoms with E-state index in [2.05, 4.69) is 5.32 Å². The zero-order valence-electron chi connectivity index (χ0n) is 8.91. The zero-order chi connectivity index (χ0) is 11.8. The summed E-state index contributed by atoms with van der Waals surface area (Å²) >= 11 is 1.52. The molecule has 0 aliphatic heterocycles. The summed E-state index contributed by atoms with van der Waals surface area (Å²) in [6, 6.07) is 5.85. The van der Waals surface area contributed by atoms with Crippen molar-refractivity contribution in [1.82, 2.24) is 0 Å². The van der Waals surface area contributed by atoms with Gasteiger partial charge in [0.15, 0.2) is 0 Å².